The second-order valence-electron chi connectivity index (χ2n) is 28.3. The monoisotopic (exact) mass is 1870 g/mol. The Kier molecular flexibility index (Phi) is 42.9. The highest BCUT2D eigenvalue weighted by Gasteiger charge is 2.25. The molecule has 6 aromatic carbocycles. The van der Waals surface area contributed by atoms with Crippen molar-refractivity contribution >= 4 is 97.3 Å². The molecule has 0 spiro atoms. The van der Waals surface area contributed by atoms with Crippen LogP contribution in [0.3, 0.4) is 0 Å². The number of hydrogen-bond donors (Lipinski definition) is 3. The predicted octanol–water partition coefficient (Wildman–Crippen LogP) is 18.0. The van der Waals surface area contributed by atoms with Crippen molar-refractivity contribution in [3.8, 4) is 66.7 Å². The molecule has 0 bridgehead atoms. The van der Waals surface area contributed by atoms with Crippen molar-refractivity contribution in [2.24, 2.45) is 5.73 Å². The lowest BCUT2D eigenvalue weighted by molar-refractivity contribution is -0.134. The van der Waals surface area contributed by atoms with Crippen LogP contribution in [0.5, 0.6) is 0 Å². The van der Waals surface area contributed by atoms with Gasteiger partial charge in [-0.25, -0.2) is 51.3 Å². The molecule has 1 aliphatic rings. The SMILES string of the molecule is CCC(=O)c1nc(-c2ccc(F)cc2)c(COC)s1.COCc1cc(C(=O)N(C)C)sc1-c1ccc(F)cc1.COCc1sc(C(=O)CCCO)nc1-c1ccc(F)cc1.COCc1sc(CN2CCC(O)CC2)nc1-c1ccc(F)cc1.COCc1sc(COCC(=O)N(C)C)nc1-c1ccc(F)cc1.COCc1sc(COCC(N)=O)nc1-c1ccc(F)cc1. The molecule has 1 saturated heterocycles. The molecule has 6 aromatic heterocycles. The van der Waals surface area contributed by atoms with Gasteiger partial charge in [0.25, 0.3) is 5.91 Å². The molecular formula is C91H101F6N9O15S6. The van der Waals surface area contributed by atoms with Crippen LogP contribution in [0.25, 0.3) is 66.7 Å². The summed E-state index contributed by atoms with van der Waals surface area (Å²) in [5, 5.41) is 21.8. The minimum atomic E-state index is -0.526. The van der Waals surface area contributed by atoms with Gasteiger partial charge in [-0.15, -0.1) is 68.0 Å². The van der Waals surface area contributed by atoms with Crippen molar-refractivity contribution in [2.75, 3.05) is 104 Å². The van der Waals surface area contributed by atoms with Crippen molar-refractivity contribution in [1.82, 2.24) is 39.6 Å². The van der Waals surface area contributed by atoms with E-state index in [4.69, 9.17) is 53.7 Å². The van der Waals surface area contributed by atoms with Gasteiger partial charge in [0.2, 0.25) is 11.8 Å². The third-order valence-corrected chi connectivity index (χ3v) is 24.5. The standard InChI is InChI=1S/C17H21FN2O2S.C16H19FN2O3S.C15H16FNO3S.C15H16FNO2S.C14H15FN2O3S.C14H14FNO2S/c1-22-11-15-17(12-2-4-13(18)5-3-12)19-16(23-15)10-20-8-6-14(21)7-9-20;1-19(2)15(20)10-22-9-14-18-16(13(23-14)8-21-3)11-4-6-12(17)7-5-11;1-20-9-13-14(10-4-6-11(16)7-5-10)17-15(21-13)12(19)3-2-8-18;1-17(2)15(18)13-8-11(9-19-3)14(20-13)10-4-6-12(16)7-5-10;1-19-6-11-14(9-2-4-10(15)5-3-9)17-13(21-11)8-20-7-12(16)18;1-3-11(17)14-16-13(12(19-14)8-18-2)9-4-6-10(15)7-5-9/h2-5,14,21H,6-11H2,1H3;4-7H,8-10H2,1-3H3;4-7,18H,2-3,8-9H2,1H3;4-8H,9H2,1-3H3;2-5H,6-8H2,1H3,(H2,16,18);4-7H,3,8H2,1-2H3. The number of carbonyl (C=O) groups excluding carboxylic acids is 5. The highest BCUT2D eigenvalue weighted by Crippen LogP contribution is 2.38. The first-order valence-corrected chi connectivity index (χ1v) is 44.5. The lowest BCUT2D eigenvalue weighted by atomic mass is 10.1. The number of rotatable bonds is 35. The molecule has 0 radical (unpaired) electrons. The number of amides is 3. The van der Waals surface area contributed by atoms with Gasteiger partial charge in [-0.3, -0.25) is 28.9 Å². The van der Waals surface area contributed by atoms with Gasteiger partial charge < -0.3 is 63.6 Å². The largest absolute Gasteiger partial charge is 0.396 e. The summed E-state index contributed by atoms with van der Waals surface area (Å²) in [5.74, 6) is -2.47. The minimum Gasteiger partial charge on any atom is -0.396 e. The summed E-state index contributed by atoms with van der Waals surface area (Å²) in [5.41, 5.74) is 14.6. The Balaban J connectivity index is 0.000000189. The number of ketones is 2. The zero-order valence-electron chi connectivity index (χ0n) is 72.0. The van der Waals surface area contributed by atoms with Crippen molar-refractivity contribution < 1.29 is 98.4 Å². The van der Waals surface area contributed by atoms with Gasteiger partial charge in [-0.1, -0.05) is 19.1 Å². The van der Waals surface area contributed by atoms with Gasteiger partial charge in [0.05, 0.1) is 123 Å². The number of benzene rings is 6. The van der Waals surface area contributed by atoms with Gasteiger partial charge in [-0.2, -0.15) is 0 Å². The predicted molar refractivity (Wildman–Crippen MR) is 483 cm³/mol. The maximum Gasteiger partial charge on any atom is 0.263 e. The average Bonchev–Trinajstić information content (AvgIpc) is 1.68. The summed E-state index contributed by atoms with van der Waals surface area (Å²) in [6, 6.07) is 38.8. The van der Waals surface area contributed by atoms with E-state index in [1.165, 1.54) is 139 Å². The third-order valence-electron chi connectivity index (χ3n) is 18.1. The van der Waals surface area contributed by atoms with Crippen molar-refractivity contribution in [3.05, 3.63) is 246 Å². The molecule has 0 unspecified atom stereocenters. The lowest BCUT2D eigenvalue weighted by Gasteiger charge is -2.28. The Bertz CT molecular complexity index is 5420. The number of nitrogens with two attached hydrogens (primary N) is 1. The molecule has 7 heterocycles. The molecule has 127 heavy (non-hydrogen) atoms. The number of methoxy groups -OCH3 is 6. The number of aromatic nitrogens is 5. The molecule has 678 valence electrons. The molecular weight excluding hydrogens is 1770 g/mol. The number of thiophene rings is 1. The van der Waals surface area contributed by atoms with Crippen LogP contribution in [0.1, 0.15) is 113 Å². The number of likely N-dealkylation sites (tertiary alicyclic amines) is 1. The number of likely N-dealkylation sites (N-methyl/N-ethyl adjacent to an activating group) is 1. The highest BCUT2D eigenvalue weighted by atomic mass is 32.1. The maximum atomic E-state index is 13.1. The number of hydrogen-bond acceptors (Lipinski definition) is 27. The molecule has 13 rings (SSSR count). The van der Waals surface area contributed by atoms with Gasteiger partial charge in [0.15, 0.2) is 21.6 Å². The highest BCUT2D eigenvalue weighted by molar-refractivity contribution is 7.17. The fraction of sp³-hybridized carbons (Fsp3) is 0.341. The van der Waals surface area contributed by atoms with Crippen LogP contribution in [-0.2, 0) is 107 Å². The number of carbonyl (C=O) groups is 5. The zero-order chi connectivity index (χ0) is 92.1. The maximum absolute atomic E-state index is 13.1. The van der Waals surface area contributed by atoms with Gasteiger partial charge >= 0.3 is 0 Å². The minimum absolute atomic E-state index is 0.00992. The number of thiazole rings is 5. The summed E-state index contributed by atoms with van der Waals surface area (Å²) >= 11 is 8.55. The fourth-order valence-corrected chi connectivity index (χ4v) is 18.3. The molecule has 12 aromatic rings. The summed E-state index contributed by atoms with van der Waals surface area (Å²) < 4.78 is 120. The number of ether oxygens (including phenoxy) is 8. The number of aliphatic hydroxyl groups excluding tert-OH is 2. The summed E-state index contributed by atoms with van der Waals surface area (Å²) in [6.07, 6.45) is 2.58. The van der Waals surface area contributed by atoms with Crippen molar-refractivity contribution in [3.63, 3.8) is 0 Å². The van der Waals surface area contributed by atoms with E-state index in [2.05, 4.69) is 24.8 Å². The first-order chi connectivity index (χ1) is 61.1. The van der Waals surface area contributed by atoms with Gasteiger partial charge in [0.1, 0.15) is 63.1 Å². The smallest absolute Gasteiger partial charge is 0.263 e. The second-order valence-corrected chi connectivity index (χ2v) is 35.0. The molecule has 24 nitrogen and oxygen atoms in total. The van der Waals surface area contributed by atoms with E-state index in [1.807, 2.05) is 6.07 Å². The van der Waals surface area contributed by atoms with Gasteiger partial charge in [0, 0.05) is 136 Å². The number of primary amides is 1. The normalized spacial score (nSPS) is 11.8. The van der Waals surface area contributed by atoms with Gasteiger partial charge in [-0.05, 0) is 170 Å². The van der Waals surface area contributed by atoms with Crippen LogP contribution >= 0.6 is 68.0 Å². The fourth-order valence-electron chi connectivity index (χ4n) is 11.9. The Morgan fingerprint density at radius 1 is 0.433 bits per heavy atom. The van der Waals surface area contributed by atoms with Crippen LogP contribution in [0.4, 0.5) is 26.3 Å². The number of nitrogens with zero attached hydrogens (tertiary/aromatic N) is 8. The van der Waals surface area contributed by atoms with Crippen molar-refractivity contribution in [1.29, 1.82) is 0 Å². The van der Waals surface area contributed by atoms with E-state index >= 15 is 0 Å². The summed E-state index contributed by atoms with van der Waals surface area (Å²) in [7, 11) is 16.4. The molecule has 36 heteroatoms. The van der Waals surface area contributed by atoms with Crippen molar-refractivity contribution in [2.45, 2.75) is 105 Å². The molecule has 3 amide bonds. The second kappa shape index (κ2) is 53.1. The Morgan fingerprint density at radius 2 is 0.764 bits per heavy atom. The average molecular weight is 1870 g/mol. The Hall–Kier alpha value is -9.94. The van der Waals surface area contributed by atoms with E-state index in [0.29, 0.717) is 83.8 Å². The van der Waals surface area contributed by atoms with Crippen LogP contribution in [0.2, 0.25) is 0 Å². The van der Waals surface area contributed by atoms with E-state index in [-0.39, 0.29) is 104 Å². The van der Waals surface area contributed by atoms with Crippen LogP contribution in [0.15, 0.2) is 152 Å². The van der Waals surface area contributed by atoms with Crippen LogP contribution < -0.4 is 5.73 Å². The van der Waals surface area contributed by atoms with Crippen LogP contribution in [0, 0.1) is 34.9 Å². The van der Waals surface area contributed by atoms with E-state index in [9.17, 15) is 55.4 Å². The number of Topliss-reactive ketones (excluding diaryl/α,β-unsaturated/α-hetero) is 2. The quantitative estimate of drug-likeness (QED) is 0.0245. The topological polar surface area (TPSA) is 300 Å². The first-order valence-electron chi connectivity index (χ1n) is 39.6. The van der Waals surface area contributed by atoms with E-state index in [0.717, 1.165) is 128 Å². The van der Waals surface area contributed by atoms with E-state index < -0.39 is 5.91 Å². The first kappa shape index (κ1) is 102. The van der Waals surface area contributed by atoms with E-state index in [1.54, 1.807) is 162 Å². The van der Waals surface area contributed by atoms with Crippen LogP contribution in [-0.4, -0.2) is 189 Å². The molecule has 1 fully saturated rings. The number of piperidine rings is 1. The lowest BCUT2D eigenvalue weighted by Crippen LogP contribution is -2.35. The summed E-state index contributed by atoms with van der Waals surface area (Å²) in [6.45, 7) is 7.15. The Labute approximate surface area is 757 Å². The third kappa shape index (κ3) is 32.3. The molecule has 1 aliphatic heterocycles. The molecule has 0 atom stereocenters. The molecule has 4 N–H and O–H groups in total. The number of halogens is 6. The Morgan fingerprint density at radius 3 is 1.10 bits per heavy atom. The molecule has 0 aliphatic carbocycles. The zero-order valence-corrected chi connectivity index (χ0v) is 76.9. The summed E-state index contributed by atoms with van der Waals surface area (Å²) in [4.78, 5) is 91.9. The molecule has 0 saturated carbocycles. The number of aliphatic hydroxyl groups is 2.